The van der Waals surface area contributed by atoms with Gasteiger partial charge in [0.2, 0.25) is 0 Å². The molecule has 0 saturated carbocycles. The summed E-state index contributed by atoms with van der Waals surface area (Å²) in [6, 6.07) is 9.64. The maximum Gasteiger partial charge on any atom is 0.255 e. The highest BCUT2D eigenvalue weighted by Crippen LogP contribution is 2.30. The molecule has 2 heterocycles. The van der Waals surface area contributed by atoms with Crippen molar-refractivity contribution in [1.82, 2.24) is 0 Å². The van der Waals surface area contributed by atoms with Gasteiger partial charge in [0.15, 0.2) is 0 Å². The van der Waals surface area contributed by atoms with Crippen molar-refractivity contribution in [2.45, 2.75) is 20.0 Å². The van der Waals surface area contributed by atoms with E-state index in [-0.39, 0.29) is 5.91 Å². The van der Waals surface area contributed by atoms with Crippen LogP contribution in [-0.2, 0) is 13.1 Å². The van der Waals surface area contributed by atoms with E-state index in [4.69, 9.17) is 0 Å². The molecule has 2 aromatic rings. The van der Waals surface area contributed by atoms with Gasteiger partial charge in [-0.3, -0.25) is 9.79 Å². The number of aryl methyl sites for hydroxylation is 1. The summed E-state index contributed by atoms with van der Waals surface area (Å²) < 4.78 is 0.834. The number of hydrogen-bond acceptors (Lipinski definition) is 4. The molecule has 0 bridgehead atoms. The first-order chi connectivity index (χ1) is 11.1. The minimum Gasteiger partial charge on any atom is -0.322 e. The number of halogens is 1. The fourth-order valence-electron chi connectivity index (χ4n) is 2.81. The summed E-state index contributed by atoms with van der Waals surface area (Å²) in [4.78, 5) is 16.9. The summed E-state index contributed by atoms with van der Waals surface area (Å²) in [5.74, 6) is -0.122. The van der Waals surface area contributed by atoms with Crippen molar-refractivity contribution in [3.05, 3.63) is 58.1 Å². The maximum absolute atomic E-state index is 12.6. The molecule has 1 N–H and O–H groups in total. The lowest BCUT2D eigenvalue weighted by Gasteiger charge is -2.10. The van der Waals surface area contributed by atoms with Crippen LogP contribution < -0.4 is 5.32 Å². The molecule has 6 heteroatoms. The van der Waals surface area contributed by atoms with Crippen LogP contribution in [0.15, 0.2) is 45.6 Å². The van der Waals surface area contributed by atoms with Gasteiger partial charge in [-0.15, -0.1) is 0 Å². The number of rotatable bonds is 2. The Morgan fingerprint density at radius 1 is 1.17 bits per heavy atom. The van der Waals surface area contributed by atoms with Crippen molar-refractivity contribution >= 4 is 37.8 Å². The van der Waals surface area contributed by atoms with E-state index in [2.05, 4.69) is 36.5 Å². The third-order valence-electron chi connectivity index (χ3n) is 4.07. The van der Waals surface area contributed by atoms with Gasteiger partial charge in [0.25, 0.3) is 5.91 Å². The molecule has 0 radical (unpaired) electrons. The van der Waals surface area contributed by atoms with Crippen LogP contribution in [0.3, 0.4) is 0 Å². The third kappa shape index (κ3) is 2.49. The van der Waals surface area contributed by atoms with Crippen LogP contribution in [-0.4, -0.2) is 10.5 Å². The number of anilines is 1. The molecule has 2 aliphatic rings. The van der Waals surface area contributed by atoms with Crippen molar-refractivity contribution in [3.8, 4) is 0 Å². The van der Waals surface area contributed by atoms with Crippen LogP contribution in [0.1, 0.15) is 32.6 Å². The summed E-state index contributed by atoms with van der Waals surface area (Å²) >= 11 is 3.44. The zero-order chi connectivity index (χ0) is 16.0. The highest BCUT2D eigenvalue weighted by atomic mass is 79.9. The van der Waals surface area contributed by atoms with E-state index < -0.39 is 0 Å². The average Bonchev–Trinajstić information content (AvgIpc) is 3.13. The second-order valence-corrected chi connectivity index (χ2v) is 6.38. The Kier molecular flexibility index (Phi) is 3.34. The van der Waals surface area contributed by atoms with Crippen LogP contribution in [0.4, 0.5) is 11.4 Å². The number of benzene rings is 2. The first kappa shape index (κ1) is 14.3. The molecule has 0 aromatic heterocycles. The highest BCUT2D eigenvalue weighted by molar-refractivity contribution is 9.18. The number of nitrogens with one attached hydrogen (secondary N) is 1. The second kappa shape index (κ2) is 5.38. The Morgan fingerprint density at radius 2 is 2.04 bits per heavy atom. The summed E-state index contributed by atoms with van der Waals surface area (Å²) in [7, 11) is 0. The summed E-state index contributed by atoms with van der Waals surface area (Å²) in [5.41, 5.74) is 6.35. The molecule has 0 saturated heterocycles. The van der Waals surface area contributed by atoms with E-state index >= 15 is 0 Å². The van der Waals surface area contributed by atoms with Crippen LogP contribution in [0.2, 0.25) is 0 Å². The molecular formula is C17H13BrN4O. The summed E-state index contributed by atoms with van der Waals surface area (Å²) in [5, 5.41) is 11.0. The fourth-order valence-corrected chi connectivity index (χ4v) is 3.31. The Morgan fingerprint density at radius 3 is 2.91 bits per heavy atom. The molecule has 114 valence electrons. The first-order valence-electron chi connectivity index (χ1n) is 7.27. The van der Waals surface area contributed by atoms with E-state index in [0.29, 0.717) is 18.7 Å². The van der Waals surface area contributed by atoms with Gasteiger partial charge in [-0.1, -0.05) is 6.07 Å². The minimum atomic E-state index is -0.122. The molecule has 0 atom stereocenters. The quantitative estimate of drug-likeness (QED) is 0.832. The number of aliphatic imine (C=N–C) groups is 1. The normalized spacial score (nSPS) is 14.4. The molecule has 1 amide bonds. The van der Waals surface area contributed by atoms with E-state index in [0.717, 1.165) is 38.2 Å². The zero-order valence-corrected chi connectivity index (χ0v) is 14.0. The van der Waals surface area contributed by atoms with Crippen molar-refractivity contribution in [1.29, 1.82) is 0 Å². The molecule has 4 rings (SSSR count). The lowest BCUT2D eigenvalue weighted by molar-refractivity contribution is 0.102. The van der Waals surface area contributed by atoms with Crippen LogP contribution in [0.25, 0.3) is 0 Å². The highest BCUT2D eigenvalue weighted by Gasteiger charge is 2.18. The van der Waals surface area contributed by atoms with Crippen LogP contribution in [0.5, 0.6) is 0 Å². The topological polar surface area (TPSA) is 66.2 Å². The van der Waals surface area contributed by atoms with Crippen molar-refractivity contribution < 1.29 is 4.79 Å². The minimum absolute atomic E-state index is 0.122. The molecule has 0 fully saturated rings. The SMILES string of the molecule is Cc1cc2c(cc1C(=O)Nc1ccc3c(c1)C(Br)=NC3)CN=N2. The number of amides is 1. The smallest absolute Gasteiger partial charge is 0.255 e. The Bertz CT molecular complexity index is 902. The van der Waals surface area contributed by atoms with Crippen molar-refractivity contribution in [2.75, 3.05) is 5.32 Å². The molecule has 2 aliphatic heterocycles. The van der Waals surface area contributed by atoms with Gasteiger partial charge >= 0.3 is 0 Å². The van der Waals surface area contributed by atoms with Gasteiger partial charge in [-0.25, -0.2) is 0 Å². The third-order valence-corrected chi connectivity index (χ3v) is 4.75. The molecular weight excluding hydrogens is 356 g/mol. The van der Waals surface area contributed by atoms with Gasteiger partial charge in [0.05, 0.1) is 18.8 Å². The number of azo groups is 1. The number of hydrogen-bond donors (Lipinski definition) is 1. The fraction of sp³-hybridized carbons (Fsp3) is 0.176. The van der Waals surface area contributed by atoms with E-state index in [1.165, 1.54) is 0 Å². The molecule has 23 heavy (non-hydrogen) atoms. The number of carbonyl (C=O) groups excluding carboxylic acids is 1. The monoisotopic (exact) mass is 368 g/mol. The molecule has 0 unspecified atom stereocenters. The van der Waals surface area contributed by atoms with Gasteiger partial charge in [-0.05, 0) is 58.2 Å². The predicted molar refractivity (Wildman–Crippen MR) is 93.0 cm³/mol. The lowest BCUT2D eigenvalue weighted by Crippen LogP contribution is -2.14. The van der Waals surface area contributed by atoms with Gasteiger partial charge in [0.1, 0.15) is 4.62 Å². The lowest BCUT2D eigenvalue weighted by atomic mass is 10.0. The van der Waals surface area contributed by atoms with E-state index in [1.807, 2.05) is 37.3 Å². The summed E-state index contributed by atoms with van der Waals surface area (Å²) in [6.07, 6.45) is 0. The Hall–Kier alpha value is -2.34. The molecule has 5 nitrogen and oxygen atoms in total. The van der Waals surface area contributed by atoms with Gasteiger partial charge in [0, 0.05) is 22.4 Å². The van der Waals surface area contributed by atoms with Crippen molar-refractivity contribution in [3.63, 3.8) is 0 Å². The number of fused-ring (bicyclic) bond motifs is 2. The molecule has 0 spiro atoms. The molecule has 0 aliphatic carbocycles. The predicted octanol–water partition coefficient (Wildman–Crippen LogP) is 4.50. The van der Waals surface area contributed by atoms with Gasteiger partial charge in [-0.2, -0.15) is 10.2 Å². The molecule has 2 aromatic carbocycles. The number of carbonyl (C=O) groups is 1. The average molecular weight is 369 g/mol. The Labute approximate surface area is 141 Å². The van der Waals surface area contributed by atoms with Gasteiger partial charge < -0.3 is 5.32 Å². The van der Waals surface area contributed by atoms with Crippen LogP contribution >= 0.6 is 15.9 Å². The standard InChI is InChI=1S/C17H13BrN4O/c1-9-4-15-11(8-20-22-15)5-13(9)17(23)21-12-3-2-10-7-19-16(18)14(10)6-12/h2-6H,7-8H2,1H3,(H,21,23). The Balaban J connectivity index is 1.62. The number of nitrogens with zero attached hydrogens (tertiary/aromatic N) is 3. The largest absolute Gasteiger partial charge is 0.322 e. The maximum atomic E-state index is 12.6. The van der Waals surface area contributed by atoms with Crippen LogP contribution in [0, 0.1) is 6.92 Å². The second-order valence-electron chi connectivity index (χ2n) is 5.63. The van der Waals surface area contributed by atoms with E-state index in [1.54, 1.807) is 0 Å². The summed E-state index contributed by atoms with van der Waals surface area (Å²) in [6.45, 7) is 3.13. The zero-order valence-electron chi connectivity index (χ0n) is 12.4. The van der Waals surface area contributed by atoms with E-state index in [9.17, 15) is 4.79 Å². The first-order valence-corrected chi connectivity index (χ1v) is 8.07. The van der Waals surface area contributed by atoms with Crippen molar-refractivity contribution in [2.24, 2.45) is 15.2 Å².